The summed E-state index contributed by atoms with van der Waals surface area (Å²) in [6.45, 7) is 2.19. The van der Waals surface area contributed by atoms with Crippen LogP contribution in [-0.2, 0) is 6.42 Å². The predicted octanol–water partition coefficient (Wildman–Crippen LogP) is 2.84. The Labute approximate surface area is 123 Å². The first-order valence-corrected chi connectivity index (χ1v) is 7.38. The summed E-state index contributed by atoms with van der Waals surface area (Å²) in [5.41, 5.74) is 6.51. The molecule has 1 unspecified atom stereocenters. The minimum absolute atomic E-state index is 0.368. The molecule has 0 aliphatic heterocycles. The lowest BCUT2D eigenvalue weighted by molar-refractivity contribution is 0.680. The largest absolute Gasteiger partial charge is 0.389 e. The number of likely N-dealkylation sites (N-methyl/N-ethyl adjacent to an activating group) is 1. The van der Waals surface area contributed by atoms with Gasteiger partial charge in [0.25, 0.3) is 0 Å². The van der Waals surface area contributed by atoms with Crippen LogP contribution in [0.4, 0.5) is 5.82 Å². The minimum atomic E-state index is 0.368. The van der Waals surface area contributed by atoms with Crippen molar-refractivity contribution in [3.63, 3.8) is 0 Å². The van der Waals surface area contributed by atoms with Gasteiger partial charge in [0.2, 0.25) is 0 Å². The standard InChI is InChI=1S/C14H17N3S2/c1-10(8-12-4-3-7-19-12)17(2)13-9-11(14(15)18)5-6-16-13/h3-7,9-10H,8H2,1-2H3,(H2,15,18). The Morgan fingerprint density at radius 2 is 2.32 bits per heavy atom. The molecular formula is C14H17N3S2. The molecule has 0 aliphatic rings. The van der Waals surface area contributed by atoms with E-state index in [0.29, 0.717) is 11.0 Å². The summed E-state index contributed by atoms with van der Waals surface area (Å²) in [6, 6.07) is 8.39. The van der Waals surface area contributed by atoms with Crippen molar-refractivity contribution >= 4 is 34.4 Å². The average Bonchev–Trinajstić information content (AvgIpc) is 2.90. The van der Waals surface area contributed by atoms with Gasteiger partial charge in [-0.2, -0.15) is 0 Å². The quantitative estimate of drug-likeness (QED) is 0.860. The maximum Gasteiger partial charge on any atom is 0.129 e. The van der Waals surface area contributed by atoms with Crippen molar-refractivity contribution in [2.75, 3.05) is 11.9 Å². The van der Waals surface area contributed by atoms with Crippen LogP contribution >= 0.6 is 23.6 Å². The zero-order chi connectivity index (χ0) is 13.8. The fraction of sp³-hybridized carbons (Fsp3) is 0.286. The molecule has 0 saturated heterocycles. The normalized spacial score (nSPS) is 12.1. The van der Waals surface area contributed by atoms with Gasteiger partial charge in [-0.25, -0.2) is 4.98 Å². The van der Waals surface area contributed by atoms with E-state index in [0.717, 1.165) is 17.8 Å². The van der Waals surface area contributed by atoms with Gasteiger partial charge in [0.1, 0.15) is 10.8 Å². The molecule has 2 aromatic rings. The number of thiocarbonyl (C=S) groups is 1. The zero-order valence-corrected chi connectivity index (χ0v) is 12.7. The summed E-state index contributed by atoms with van der Waals surface area (Å²) in [5, 5.41) is 2.10. The van der Waals surface area contributed by atoms with E-state index in [4.69, 9.17) is 18.0 Å². The topological polar surface area (TPSA) is 42.1 Å². The molecule has 2 heterocycles. The molecule has 0 spiro atoms. The van der Waals surface area contributed by atoms with Crippen molar-refractivity contribution in [1.82, 2.24) is 4.98 Å². The number of nitrogens with two attached hydrogens (primary N) is 1. The lowest BCUT2D eigenvalue weighted by Gasteiger charge is -2.26. The second-order valence-corrected chi connectivity index (χ2v) is 5.98. The lowest BCUT2D eigenvalue weighted by atomic mass is 10.1. The van der Waals surface area contributed by atoms with E-state index < -0.39 is 0 Å². The van der Waals surface area contributed by atoms with Crippen LogP contribution < -0.4 is 10.6 Å². The number of hydrogen-bond donors (Lipinski definition) is 1. The summed E-state index contributed by atoms with van der Waals surface area (Å²) < 4.78 is 0. The first-order chi connectivity index (χ1) is 9.08. The first kappa shape index (κ1) is 14.0. The van der Waals surface area contributed by atoms with Crippen LogP contribution in [0.15, 0.2) is 35.8 Å². The predicted molar refractivity (Wildman–Crippen MR) is 86.0 cm³/mol. The maximum absolute atomic E-state index is 5.66. The van der Waals surface area contributed by atoms with E-state index in [1.807, 2.05) is 19.2 Å². The third-order valence-electron chi connectivity index (χ3n) is 3.13. The van der Waals surface area contributed by atoms with Gasteiger partial charge < -0.3 is 10.6 Å². The molecule has 0 aromatic carbocycles. The minimum Gasteiger partial charge on any atom is -0.389 e. The number of nitrogens with zero attached hydrogens (tertiary/aromatic N) is 2. The highest BCUT2D eigenvalue weighted by Gasteiger charge is 2.13. The summed E-state index contributed by atoms with van der Waals surface area (Å²) in [4.78, 5) is 8.33. The Kier molecular flexibility index (Phi) is 4.50. The Hall–Kier alpha value is -1.46. The molecule has 2 aromatic heterocycles. The summed E-state index contributed by atoms with van der Waals surface area (Å²) in [7, 11) is 2.05. The van der Waals surface area contributed by atoms with Crippen LogP contribution in [0.3, 0.4) is 0 Å². The Bertz CT molecular complexity index is 552. The van der Waals surface area contributed by atoms with Crippen LogP contribution in [0.1, 0.15) is 17.4 Å². The highest BCUT2D eigenvalue weighted by Crippen LogP contribution is 2.18. The molecule has 19 heavy (non-hydrogen) atoms. The lowest BCUT2D eigenvalue weighted by Crippen LogP contribution is -2.31. The van der Waals surface area contributed by atoms with Crippen LogP contribution in [0.2, 0.25) is 0 Å². The third-order valence-corrected chi connectivity index (χ3v) is 4.26. The van der Waals surface area contributed by atoms with Gasteiger partial charge in [-0.1, -0.05) is 18.3 Å². The molecule has 5 heteroatoms. The zero-order valence-electron chi connectivity index (χ0n) is 11.0. The smallest absolute Gasteiger partial charge is 0.129 e. The van der Waals surface area contributed by atoms with Crippen LogP contribution in [-0.4, -0.2) is 23.1 Å². The van der Waals surface area contributed by atoms with Gasteiger partial charge in [-0.15, -0.1) is 11.3 Å². The second-order valence-electron chi connectivity index (χ2n) is 4.51. The monoisotopic (exact) mass is 291 g/mol. The van der Waals surface area contributed by atoms with Gasteiger partial charge in [0.15, 0.2) is 0 Å². The summed E-state index contributed by atoms with van der Waals surface area (Å²) in [6.07, 6.45) is 2.76. The SMILES string of the molecule is CC(Cc1cccs1)N(C)c1cc(C(N)=S)ccn1. The molecule has 1 atom stereocenters. The van der Waals surface area contributed by atoms with E-state index in [1.54, 1.807) is 17.5 Å². The second kappa shape index (κ2) is 6.12. The van der Waals surface area contributed by atoms with Crippen molar-refractivity contribution < 1.29 is 0 Å². The Morgan fingerprint density at radius 1 is 1.53 bits per heavy atom. The van der Waals surface area contributed by atoms with Crippen molar-refractivity contribution in [3.05, 3.63) is 46.3 Å². The molecule has 3 nitrogen and oxygen atoms in total. The number of aromatic nitrogens is 1. The first-order valence-electron chi connectivity index (χ1n) is 6.09. The third kappa shape index (κ3) is 3.52. The molecule has 2 N–H and O–H groups in total. The molecule has 100 valence electrons. The number of thiophene rings is 1. The van der Waals surface area contributed by atoms with Crippen molar-refractivity contribution in [2.45, 2.75) is 19.4 Å². The van der Waals surface area contributed by atoms with E-state index in [9.17, 15) is 0 Å². The summed E-state index contributed by atoms with van der Waals surface area (Å²) in [5.74, 6) is 0.898. The molecule has 2 rings (SSSR count). The van der Waals surface area contributed by atoms with E-state index in [2.05, 4.69) is 34.3 Å². The number of rotatable bonds is 5. The van der Waals surface area contributed by atoms with Crippen molar-refractivity contribution in [2.24, 2.45) is 5.73 Å². The molecule has 0 saturated carbocycles. The average molecular weight is 291 g/mol. The number of anilines is 1. The Morgan fingerprint density at radius 3 is 2.95 bits per heavy atom. The van der Waals surface area contributed by atoms with Gasteiger partial charge >= 0.3 is 0 Å². The molecule has 0 bridgehead atoms. The maximum atomic E-state index is 5.66. The van der Waals surface area contributed by atoms with Crippen LogP contribution in [0.25, 0.3) is 0 Å². The van der Waals surface area contributed by atoms with Crippen LogP contribution in [0.5, 0.6) is 0 Å². The van der Waals surface area contributed by atoms with E-state index >= 15 is 0 Å². The van der Waals surface area contributed by atoms with Gasteiger partial charge in [-0.05, 0) is 30.5 Å². The van der Waals surface area contributed by atoms with Gasteiger partial charge in [0.05, 0.1) is 0 Å². The number of pyridine rings is 1. The fourth-order valence-electron chi connectivity index (χ4n) is 1.85. The molecule has 0 amide bonds. The number of hydrogen-bond acceptors (Lipinski definition) is 4. The highest BCUT2D eigenvalue weighted by molar-refractivity contribution is 7.80. The van der Waals surface area contributed by atoms with E-state index in [1.165, 1.54) is 4.88 Å². The van der Waals surface area contributed by atoms with Crippen molar-refractivity contribution in [1.29, 1.82) is 0 Å². The fourth-order valence-corrected chi connectivity index (χ4v) is 2.80. The molecule has 0 radical (unpaired) electrons. The van der Waals surface area contributed by atoms with Crippen LogP contribution in [0, 0.1) is 0 Å². The van der Waals surface area contributed by atoms with Gasteiger partial charge in [0, 0.05) is 36.1 Å². The highest BCUT2D eigenvalue weighted by atomic mass is 32.1. The summed E-state index contributed by atoms with van der Waals surface area (Å²) >= 11 is 6.78. The van der Waals surface area contributed by atoms with E-state index in [-0.39, 0.29) is 0 Å². The Balaban J connectivity index is 2.12. The molecule has 0 aliphatic carbocycles. The van der Waals surface area contributed by atoms with Gasteiger partial charge in [-0.3, -0.25) is 0 Å². The molecular weight excluding hydrogens is 274 g/mol. The molecule has 0 fully saturated rings. The van der Waals surface area contributed by atoms with Crippen molar-refractivity contribution in [3.8, 4) is 0 Å².